The number of ether oxygens (including phenoxy) is 3. The Morgan fingerprint density at radius 2 is 1.94 bits per heavy atom. The van der Waals surface area contributed by atoms with Crippen molar-refractivity contribution in [3.05, 3.63) is 24.3 Å². The zero-order chi connectivity index (χ0) is 21.2. The summed E-state index contributed by atoms with van der Waals surface area (Å²) in [4.78, 5) is 9.34. The number of rotatable bonds is 9. The summed E-state index contributed by atoms with van der Waals surface area (Å²) in [6, 6.07) is 8.35. The van der Waals surface area contributed by atoms with Crippen LogP contribution in [0.5, 0.6) is 5.75 Å². The van der Waals surface area contributed by atoms with E-state index in [-0.39, 0.29) is 24.0 Å². The predicted molar refractivity (Wildman–Crippen MR) is 137 cm³/mol. The summed E-state index contributed by atoms with van der Waals surface area (Å²) in [6.07, 6.45) is 4.64. The van der Waals surface area contributed by atoms with Crippen molar-refractivity contribution < 1.29 is 14.2 Å². The first-order valence-electron chi connectivity index (χ1n) is 11.2. The van der Waals surface area contributed by atoms with Gasteiger partial charge in [-0.2, -0.15) is 0 Å². The molecule has 1 aromatic rings. The third-order valence-corrected chi connectivity index (χ3v) is 6.05. The normalized spacial score (nSPS) is 20.0. The molecule has 1 aromatic carbocycles. The second kappa shape index (κ2) is 14.0. The van der Waals surface area contributed by atoms with E-state index in [2.05, 4.69) is 38.3 Å². The maximum absolute atomic E-state index is 5.98. The number of nitrogens with zero attached hydrogens (tertiary/aromatic N) is 3. The Labute approximate surface area is 204 Å². The fourth-order valence-electron chi connectivity index (χ4n) is 4.30. The molecule has 8 heteroatoms. The zero-order valence-corrected chi connectivity index (χ0v) is 21.5. The van der Waals surface area contributed by atoms with Crippen molar-refractivity contribution in [3.63, 3.8) is 0 Å². The van der Waals surface area contributed by atoms with Gasteiger partial charge < -0.3 is 29.3 Å². The van der Waals surface area contributed by atoms with Crippen molar-refractivity contribution in [2.24, 2.45) is 10.9 Å². The van der Waals surface area contributed by atoms with E-state index >= 15 is 0 Å². The lowest BCUT2D eigenvalue weighted by molar-refractivity contribution is 0.00989. The average molecular weight is 546 g/mol. The lowest BCUT2D eigenvalue weighted by atomic mass is 10.1. The van der Waals surface area contributed by atoms with Gasteiger partial charge in [-0.15, -0.1) is 24.0 Å². The molecule has 1 N–H and O–H groups in total. The van der Waals surface area contributed by atoms with E-state index in [0.717, 1.165) is 76.9 Å². The van der Waals surface area contributed by atoms with Gasteiger partial charge in [-0.3, -0.25) is 4.99 Å². The minimum absolute atomic E-state index is 0. The van der Waals surface area contributed by atoms with Crippen molar-refractivity contribution in [3.8, 4) is 5.75 Å². The lowest BCUT2D eigenvalue weighted by Crippen LogP contribution is -2.48. The SMILES string of the molecule is CN=C(NCC1CCN(c2cccc(OC)c2)C1)N1CCC(OCCCOC)CC1.I. The van der Waals surface area contributed by atoms with Crippen LogP contribution in [0.15, 0.2) is 29.3 Å². The third kappa shape index (κ3) is 7.98. The Morgan fingerprint density at radius 3 is 2.65 bits per heavy atom. The molecule has 7 nitrogen and oxygen atoms in total. The molecule has 0 aliphatic carbocycles. The number of halogens is 1. The second-order valence-corrected chi connectivity index (χ2v) is 8.13. The summed E-state index contributed by atoms with van der Waals surface area (Å²) >= 11 is 0. The zero-order valence-electron chi connectivity index (χ0n) is 19.2. The highest BCUT2D eigenvalue weighted by atomic mass is 127. The number of benzene rings is 1. The van der Waals surface area contributed by atoms with Crippen molar-refractivity contribution in [2.75, 3.05) is 72.1 Å². The van der Waals surface area contributed by atoms with Crippen LogP contribution in [-0.2, 0) is 9.47 Å². The van der Waals surface area contributed by atoms with Crippen LogP contribution in [0.25, 0.3) is 0 Å². The maximum Gasteiger partial charge on any atom is 0.193 e. The summed E-state index contributed by atoms with van der Waals surface area (Å²) in [5.74, 6) is 2.56. The van der Waals surface area contributed by atoms with E-state index in [1.54, 1.807) is 14.2 Å². The molecule has 176 valence electrons. The van der Waals surface area contributed by atoms with Crippen LogP contribution in [0.3, 0.4) is 0 Å². The van der Waals surface area contributed by atoms with Gasteiger partial charge in [-0.1, -0.05) is 6.07 Å². The molecule has 2 heterocycles. The number of anilines is 1. The molecule has 0 aromatic heterocycles. The molecule has 0 radical (unpaired) electrons. The number of guanidine groups is 1. The van der Waals surface area contributed by atoms with Crippen LogP contribution in [0.1, 0.15) is 25.7 Å². The molecule has 2 fully saturated rings. The molecule has 3 rings (SSSR count). The quantitative estimate of drug-likeness (QED) is 0.222. The molecule has 1 atom stereocenters. The van der Waals surface area contributed by atoms with Crippen LogP contribution in [0.4, 0.5) is 5.69 Å². The van der Waals surface area contributed by atoms with Gasteiger partial charge in [0.2, 0.25) is 0 Å². The monoisotopic (exact) mass is 546 g/mol. The Balaban J connectivity index is 0.00000341. The van der Waals surface area contributed by atoms with E-state index in [0.29, 0.717) is 12.0 Å². The smallest absolute Gasteiger partial charge is 0.193 e. The number of aliphatic imine (C=N–C) groups is 1. The lowest BCUT2D eigenvalue weighted by Gasteiger charge is -2.34. The number of hydrogen-bond acceptors (Lipinski definition) is 5. The average Bonchev–Trinajstić information content (AvgIpc) is 3.27. The van der Waals surface area contributed by atoms with Crippen LogP contribution in [0.2, 0.25) is 0 Å². The highest BCUT2D eigenvalue weighted by molar-refractivity contribution is 14.0. The molecule has 0 saturated carbocycles. The Hall–Kier alpha value is -1.26. The molecule has 0 amide bonds. The summed E-state index contributed by atoms with van der Waals surface area (Å²) in [7, 11) is 5.34. The van der Waals surface area contributed by atoms with Gasteiger partial charge in [0.25, 0.3) is 0 Å². The molecule has 31 heavy (non-hydrogen) atoms. The standard InChI is InChI=1S/C23H38N4O3.HI/c1-24-23(26-12-9-21(10-13-26)30-15-5-14-28-2)25-17-19-8-11-27(18-19)20-6-4-7-22(16-20)29-3;/h4,6-7,16,19,21H,5,8-15,17-18H2,1-3H3,(H,24,25);1H. The van der Waals surface area contributed by atoms with Gasteiger partial charge in [-0.25, -0.2) is 0 Å². The van der Waals surface area contributed by atoms with E-state index in [4.69, 9.17) is 14.2 Å². The fraction of sp³-hybridized carbons (Fsp3) is 0.696. The summed E-state index contributed by atoms with van der Waals surface area (Å²) in [6.45, 7) is 6.66. The van der Waals surface area contributed by atoms with Crippen LogP contribution < -0.4 is 15.0 Å². The Kier molecular flexibility index (Phi) is 11.7. The second-order valence-electron chi connectivity index (χ2n) is 8.13. The van der Waals surface area contributed by atoms with Crippen molar-refractivity contribution >= 4 is 35.6 Å². The molecule has 0 bridgehead atoms. The van der Waals surface area contributed by atoms with E-state index in [1.807, 2.05) is 13.1 Å². The van der Waals surface area contributed by atoms with Gasteiger partial charge in [-0.05, 0) is 43.7 Å². The maximum atomic E-state index is 5.98. The Bertz CT molecular complexity index is 668. The van der Waals surface area contributed by atoms with Crippen molar-refractivity contribution in [2.45, 2.75) is 31.8 Å². The molecule has 2 aliphatic heterocycles. The minimum Gasteiger partial charge on any atom is -0.497 e. The van der Waals surface area contributed by atoms with Crippen molar-refractivity contribution in [1.29, 1.82) is 0 Å². The predicted octanol–water partition coefficient (Wildman–Crippen LogP) is 3.23. The summed E-state index contributed by atoms with van der Waals surface area (Å²) < 4.78 is 16.4. The Morgan fingerprint density at radius 1 is 1.13 bits per heavy atom. The van der Waals surface area contributed by atoms with Gasteiger partial charge in [0.1, 0.15) is 5.75 Å². The molecular formula is C23H39IN4O3. The molecule has 2 aliphatic rings. The highest BCUT2D eigenvalue weighted by Gasteiger charge is 2.25. The third-order valence-electron chi connectivity index (χ3n) is 6.05. The van der Waals surface area contributed by atoms with Crippen molar-refractivity contribution in [1.82, 2.24) is 10.2 Å². The van der Waals surface area contributed by atoms with Gasteiger partial charge in [0.05, 0.1) is 13.2 Å². The van der Waals surface area contributed by atoms with E-state index < -0.39 is 0 Å². The molecule has 0 spiro atoms. The number of piperidine rings is 1. The van der Waals surface area contributed by atoms with E-state index in [1.165, 1.54) is 12.1 Å². The summed E-state index contributed by atoms with van der Waals surface area (Å²) in [5, 5.41) is 3.62. The first kappa shape index (κ1) is 26.0. The fourth-order valence-corrected chi connectivity index (χ4v) is 4.30. The molecule has 2 saturated heterocycles. The van der Waals surface area contributed by atoms with Gasteiger partial charge in [0.15, 0.2) is 5.96 Å². The van der Waals surface area contributed by atoms with Gasteiger partial charge >= 0.3 is 0 Å². The largest absolute Gasteiger partial charge is 0.497 e. The highest BCUT2D eigenvalue weighted by Crippen LogP contribution is 2.26. The number of nitrogens with one attached hydrogen (secondary N) is 1. The topological polar surface area (TPSA) is 58.6 Å². The first-order valence-corrected chi connectivity index (χ1v) is 11.2. The number of methoxy groups -OCH3 is 2. The summed E-state index contributed by atoms with van der Waals surface area (Å²) in [5.41, 5.74) is 1.24. The van der Waals surface area contributed by atoms with Gasteiger partial charge in [0, 0.05) is 71.8 Å². The minimum atomic E-state index is 0. The number of likely N-dealkylation sites (tertiary alicyclic amines) is 1. The molecule has 1 unspecified atom stereocenters. The van der Waals surface area contributed by atoms with E-state index in [9.17, 15) is 0 Å². The van der Waals surface area contributed by atoms with Crippen LogP contribution in [0, 0.1) is 5.92 Å². The van der Waals surface area contributed by atoms with Crippen LogP contribution in [-0.4, -0.2) is 84.2 Å². The van der Waals surface area contributed by atoms with Crippen LogP contribution >= 0.6 is 24.0 Å². The molecular weight excluding hydrogens is 507 g/mol. The number of hydrogen-bond donors (Lipinski definition) is 1. The first-order chi connectivity index (χ1) is 14.7.